The van der Waals surface area contributed by atoms with E-state index in [1.165, 1.54) is 12.1 Å². The zero-order valence-corrected chi connectivity index (χ0v) is 17.1. The van der Waals surface area contributed by atoms with E-state index in [0.29, 0.717) is 12.0 Å². The standard InChI is InChI=1S/C27H19F3N2/c28-27(29,30)24-14-12-21(13-15-24)26(18-31)32-25(16-19-6-2-1-3-7-19)23-11-10-20-8-4-5-9-22(20)17-23/h1-15,17,25H,16H2/b32-26+/t25-/m1/s1. The van der Waals surface area contributed by atoms with Gasteiger partial charge in [0.2, 0.25) is 0 Å². The van der Waals surface area contributed by atoms with Crippen LogP contribution in [0.4, 0.5) is 13.2 Å². The van der Waals surface area contributed by atoms with Gasteiger partial charge >= 0.3 is 6.18 Å². The van der Waals surface area contributed by atoms with Gasteiger partial charge in [0.25, 0.3) is 0 Å². The highest BCUT2D eigenvalue weighted by Gasteiger charge is 2.30. The minimum Gasteiger partial charge on any atom is -0.265 e. The van der Waals surface area contributed by atoms with Crippen LogP contribution in [0.1, 0.15) is 28.3 Å². The Morgan fingerprint density at radius 3 is 2.12 bits per heavy atom. The van der Waals surface area contributed by atoms with Gasteiger partial charge in [-0.3, -0.25) is 4.99 Å². The summed E-state index contributed by atoms with van der Waals surface area (Å²) in [6, 6.07) is 30.1. The summed E-state index contributed by atoms with van der Waals surface area (Å²) in [6.45, 7) is 0. The first-order valence-electron chi connectivity index (χ1n) is 10.1. The van der Waals surface area contributed by atoms with Crippen LogP contribution in [0.2, 0.25) is 0 Å². The Morgan fingerprint density at radius 1 is 0.812 bits per heavy atom. The fraction of sp³-hybridized carbons (Fsp3) is 0.111. The van der Waals surface area contributed by atoms with Crippen LogP contribution in [-0.2, 0) is 12.6 Å². The number of alkyl halides is 3. The Kier molecular flexibility index (Phi) is 6.04. The molecule has 0 bridgehead atoms. The Labute approximate surface area is 184 Å². The van der Waals surface area contributed by atoms with Crippen LogP contribution < -0.4 is 0 Å². The van der Waals surface area contributed by atoms with E-state index in [1.807, 2.05) is 72.8 Å². The van der Waals surface area contributed by atoms with Crippen molar-refractivity contribution in [1.82, 2.24) is 0 Å². The molecule has 0 unspecified atom stereocenters. The summed E-state index contributed by atoms with van der Waals surface area (Å²) in [7, 11) is 0. The smallest absolute Gasteiger partial charge is 0.265 e. The molecule has 0 aliphatic heterocycles. The second-order valence-corrected chi connectivity index (χ2v) is 7.48. The molecule has 4 aromatic carbocycles. The van der Waals surface area contributed by atoms with E-state index in [1.54, 1.807) is 0 Å². The Balaban J connectivity index is 1.75. The zero-order valence-electron chi connectivity index (χ0n) is 17.1. The van der Waals surface area contributed by atoms with E-state index in [2.05, 4.69) is 6.07 Å². The fourth-order valence-corrected chi connectivity index (χ4v) is 3.63. The second-order valence-electron chi connectivity index (χ2n) is 7.48. The molecule has 0 spiro atoms. The van der Waals surface area contributed by atoms with Gasteiger partial charge in [0.15, 0.2) is 0 Å². The highest BCUT2D eigenvalue weighted by Crippen LogP contribution is 2.30. The molecule has 0 aliphatic carbocycles. The van der Waals surface area contributed by atoms with Crippen molar-refractivity contribution in [2.24, 2.45) is 4.99 Å². The first kappa shape index (κ1) is 21.3. The number of benzene rings is 4. The lowest BCUT2D eigenvalue weighted by Crippen LogP contribution is -2.08. The van der Waals surface area contributed by atoms with Crippen LogP contribution in [0, 0.1) is 11.3 Å². The van der Waals surface area contributed by atoms with Crippen LogP contribution >= 0.6 is 0 Å². The monoisotopic (exact) mass is 428 g/mol. The highest BCUT2D eigenvalue weighted by atomic mass is 19.4. The normalized spacial score (nSPS) is 13.0. The summed E-state index contributed by atoms with van der Waals surface area (Å²) in [4.78, 5) is 4.70. The fourth-order valence-electron chi connectivity index (χ4n) is 3.63. The summed E-state index contributed by atoms with van der Waals surface area (Å²) < 4.78 is 38.7. The van der Waals surface area contributed by atoms with Crippen molar-refractivity contribution in [3.8, 4) is 6.07 Å². The molecule has 5 heteroatoms. The van der Waals surface area contributed by atoms with Crippen molar-refractivity contribution in [2.75, 3.05) is 0 Å². The van der Waals surface area contributed by atoms with Gasteiger partial charge in [-0.05, 0) is 46.5 Å². The Hall–Kier alpha value is -3.91. The molecule has 4 aromatic rings. The Bertz CT molecular complexity index is 1280. The van der Waals surface area contributed by atoms with E-state index in [-0.39, 0.29) is 11.8 Å². The highest BCUT2D eigenvalue weighted by molar-refractivity contribution is 6.11. The average Bonchev–Trinajstić information content (AvgIpc) is 2.81. The number of hydrogen-bond acceptors (Lipinski definition) is 2. The molecule has 0 aliphatic rings. The molecule has 2 nitrogen and oxygen atoms in total. The minimum absolute atomic E-state index is 0.104. The van der Waals surface area contributed by atoms with Crippen molar-refractivity contribution in [2.45, 2.75) is 18.6 Å². The van der Waals surface area contributed by atoms with Crippen molar-refractivity contribution in [1.29, 1.82) is 5.26 Å². The number of aliphatic imine (C=N–C) groups is 1. The van der Waals surface area contributed by atoms with Gasteiger partial charge in [0.05, 0.1) is 11.6 Å². The molecule has 0 amide bonds. The molecule has 0 saturated carbocycles. The van der Waals surface area contributed by atoms with Gasteiger partial charge in [-0.2, -0.15) is 18.4 Å². The van der Waals surface area contributed by atoms with Crippen molar-refractivity contribution in [3.05, 3.63) is 119 Å². The van der Waals surface area contributed by atoms with E-state index in [9.17, 15) is 18.4 Å². The number of rotatable bonds is 5. The van der Waals surface area contributed by atoms with Crippen LogP contribution in [0.3, 0.4) is 0 Å². The van der Waals surface area contributed by atoms with Crippen LogP contribution in [0.25, 0.3) is 10.8 Å². The zero-order chi connectivity index (χ0) is 22.6. The molecule has 0 N–H and O–H groups in total. The molecule has 0 aromatic heterocycles. The van der Waals surface area contributed by atoms with Crippen LogP contribution in [-0.4, -0.2) is 5.71 Å². The van der Waals surface area contributed by atoms with E-state index in [0.717, 1.165) is 34.0 Å². The third kappa shape index (κ3) is 4.87. The van der Waals surface area contributed by atoms with Gasteiger partial charge in [-0.25, -0.2) is 0 Å². The van der Waals surface area contributed by atoms with Crippen LogP contribution in [0.5, 0.6) is 0 Å². The lowest BCUT2D eigenvalue weighted by atomic mass is 9.96. The summed E-state index contributed by atoms with van der Waals surface area (Å²) in [5.41, 5.74) is 1.70. The topological polar surface area (TPSA) is 36.1 Å². The maximum atomic E-state index is 12.9. The molecule has 1 atom stereocenters. The van der Waals surface area contributed by atoms with Gasteiger partial charge in [0, 0.05) is 5.56 Å². The Morgan fingerprint density at radius 2 is 1.47 bits per heavy atom. The summed E-state index contributed by atoms with van der Waals surface area (Å²) in [6.07, 6.45) is -3.87. The minimum atomic E-state index is -4.43. The second kappa shape index (κ2) is 9.07. The van der Waals surface area contributed by atoms with E-state index < -0.39 is 11.7 Å². The maximum Gasteiger partial charge on any atom is 0.416 e. The molecule has 0 heterocycles. The predicted molar refractivity (Wildman–Crippen MR) is 120 cm³/mol. The molecule has 0 saturated heterocycles. The third-order valence-electron chi connectivity index (χ3n) is 5.31. The molecule has 32 heavy (non-hydrogen) atoms. The molecule has 0 fully saturated rings. The van der Waals surface area contributed by atoms with Crippen molar-refractivity contribution < 1.29 is 13.2 Å². The maximum absolute atomic E-state index is 12.9. The summed E-state index contributed by atoms with van der Waals surface area (Å²) >= 11 is 0. The lowest BCUT2D eigenvalue weighted by Gasteiger charge is -2.15. The van der Waals surface area contributed by atoms with E-state index >= 15 is 0 Å². The summed E-state index contributed by atoms with van der Waals surface area (Å²) in [5, 5.41) is 11.9. The van der Waals surface area contributed by atoms with Gasteiger partial charge < -0.3 is 0 Å². The number of nitrogens with zero attached hydrogens (tertiary/aromatic N) is 2. The largest absolute Gasteiger partial charge is 0.416 e. The number of halogens is 3. The third-order valence-corrected chi connectivity index (χ3v) is 5.31. The number of fused-ring (bicyclic) bond motifs is 1. The predicted octanol–water partition coefficient (Wildman–Crippen LogP) is 7.16. The van der Waals surface area contributed by atoms with Gasteiger partial charge in [-0.15, -0.1) is 0 Å². The average molecular weight is 428 g/mol. The molecular formula is C27H19F3N2. The number of nitriles is 1. The van der Waals surface area contributed by atoms with Gasteiger partial charge in [0.1, 0.15) is 11.8 Å². The molecular weight excluding hydrogens is 409 g/mol. The van der Waals surface area contributed by atoms with Crippen LogP contribution in [0.15, 0.2) is 102 Å². The molecule has 158 valence electrons. The van der Waals surface area contributed by atoms with Crippen molar-refractivity contribution in [3.63, 3.8) is 0 Å². The SMILES string of the molecule is N#C/C(=N\[C@H](Cc1ccccc1)c1ccc2ccccc2c1)c1ccc(C(F)(F)F)cc1. The lowest BCUT2D eigenvalue weighted by molar-refractivity contribution is -0.137. The van der Waals surface area contributed by atoms with Gasteiger partial charge in [-0.1, -0.05) is 78.9 Å². The summed E-state index contributed by atoms with van der Waals surface area (Å²) in [5.74, 6) is 0. The molecule has 4 rings (SSSR count). The molecule has 0 radical (unpaired) electrons. The number of hydrogen-bond donors (Lipinski definition) is 0. The first-order chi connectivity index (χ1) is 15.4. The first-order valence-corrected chi connectivity index (χ1v) is 10.1. The van der Waals surface area contributed by atoms with Crippen molar-refractivity contribution >= 4 is 16.5 Å². The quantitative estimate of drug-likeness (QED) is 0.311. The van der Waals surface area contributed by atoms with E-state index in [4.69, 9.17) is 4.99 Å².